The number of amides is 1. The molecule has 0 bridgehead atoms. The van der Waals surface area contributed by atoms with Gasteiger partial charge in [-0.3, -0.25) is 4.90 Å². The SMILES string of the molecule is NCCCN1CCN(C(=O)OCc2cc(Cl)cc(Cl)c2)CC1. The predicted molar refractivity (Wildman–Crippen MR) is 88.3 cm³/mol. The van der Waals surface area contributed by atoms with E-state index in [4.69, 9.17) is 33.7 Å². The van der Waals surface area contributed by atoms with Crippen molar-refractivity contribution in [1.29, 1.82) is 0 Å². The number of nitrogens with two attached hydrogens (primary N) is 1. The van der Waals surface area contributed by atoms with Crippen LogP contribution in [0.25, 0.3) is 0 Å². The zero-order chi connectivity index (χ0) is 15.9. The smallest absolute Gasteiger partial charge is 0.410 e. The highest BCUT2D eigenvalue weighted by atomic mass is 35.5. The first-order valence-corrected chi connectivity index (χ1v) is 8.13. The molecule has 2 N–H and O–H groups in total. The zero-order valence-corrected chi connectivity index (χ0v) is 13.9. The lowest BCUT2D eigenvalue weighted by Crippen LogP contribution is -2.49. The van der Waals surface area contributed by atoms with E-state index >= 15 is 0 Å². The van der Waals surface area contributed by atoms with Crippen molar-refractivity contribution < 1.29 is 9.53 Å². The lowest BCUT2D eigenvalue weighted by molar-refractivity contribution is 0.0716. The highest BCUT2D eigenvalue weighted by molar-refractivity contribution is 6.34. The summed E-state index contributed by atoms with van der Waals surface area (Å²) in [5.41, 5.74) is 6.29. The van der Waals surface area contributed by atoms with Gasteiger partial charge in [-0.25, -0.2) is 4.79 Å². The number of ether oxygens (including phenoxy) is 1. The fourth-order valence-corrected chi connectivity index (χ4v) is 2.97. The van der Waals surface area contributed by atoms with Crippen LogP contribution in [0, 0.1) is 0 Å². The Morgan fingerprint density at radius 2 is 1.77 bits per heavy atom. The highest BCUT2D eigenvalue weighted by Crippen LogP contribution is 2.19. The molecule has 1 saturated heterocycles. The van der Waals surface area contributed by atoms with Gasteiger partial charge >= 0.3 is 6.09 Å². The van der Waals surface area contributed by atoms with Gasteiger partial charge in [0.2, 0.25) is 0 Å². The minimum absolute atomic E-state index is 0.173. The number of halogens is 2. The van der Waals surface area contributed by atoms with Crippen LogP contribution in [0.2, 0.25) is 10.0 Å². The van der Waals surface area contributed by atoms with Crippen LogP contribution in [0.3, 0.4) is 0 Å². The number of hydrogen-bond donors (Lipinski definition) is 1. The molecule has 2 rings (SSSR count). The van der Waals surface area contributed by atoms with E-state index < -0.39 is 0 Å². The second-order valence-electron chi connectivity index (χ2n) is 5.30. The maximum atomic E-state index is 12.1. The van der Waals surface area contributed by atoms with E-state index in [9.17, 15) is 4.79 Å². The number of rotatable bonds is 5. The summed E-state index contributed by atoms with van der Waals surface area (Å²) >= 11 is 11.8. The number of nitrogens with zero attached hydrogens (tertiary/aromatic N) is 2. The molecule has 0 unspecified atom stereocenters. The molecule has 7 heteroatoms. The second kappa shape index (κ2) is 8.58. The summed E-state index contributed by atoms with van der Waals surface area (Å²) in [6, 6.07) is 5.13. The van der Waals surface area contributed by atoms with Gasteiger partial charge in [-0.2, -0.15) is 0 Å². The molecule has 1 aromatic carbocycles. The van der Waals surface area contributed by atoms with Crippen molar-refractivity contribution in [2.24, 2.45) is 5.73 Å². The Labute approximate surface area is 140 Å². The van der Waals surface area contributed by atoms with Crippen LogP contribution < -0.4 is 5.73 Å². The molecule has 1 aromatic rings. The molecule has 1 aliphatic heterocycles. The first-order chi connectivity index (χ1) is 10.6. The summed E-state index contributed by atoms with van der Waals surface area (Å²) < 4.78 is 5.33. The summed E-state index contributed by atoms with van der Waals surface area (Å²) in [5.74, 6) is 0. The molecule has 0 aliphatic carbocycles. The number of piperazine rings is 1. The highest BCUT2D eigenvalue weighted by Gasteiger charge is 2.21. The second-order valence-corrected chi connectivity index (χ2v) is 6.18. The van der Waals surface area contributed by atoms with E-state index in [1.165, 1.54) is 0 Å². The molecule has 0 saturated carbocycles. The fourth-order valence-electron chi connectivity index (χ4n) is 2.40. The number of benzene rings is 1. The van der Waals surface area contributed by atoms with Gasteiger partial charge in [-0.15, -0.1) is 0 Å². The van der Waals surface area contributed by atoms with E-state index in [0.29, 0.717) is 29.7 Å². The lowest BCUT2D eigenvalue weighted by Gasteiger charge is -2.34. The van der Waals surface area contributed by atoms with Crippen LogP contribution >= 0.6 is 23.2 Å². The van der Waals surface area contributed by atoms with Crippen molar-refractivity contribution in [1.82, 2.24) is 9.80 Å². The summed E-state index contributed by atoms with van der Waals surface area (Å²) in [6.07, 6.45) is 0.689. The van der Waals surface area contributed by atoms with Gasteiger partial charge in [-0.1, -0.05) is 23.2 Å². The third-order valence-electron chi connectivity index (χ3n) is 3.59. The van der Waals surface area contributed by atoms with Crippen molar-refractivity contribution in [2.45, 2.75) is 13.0 Å². The van der Waals surface area contributed by atoms with Crippen LogP contribution in [0.4, 0.5) is 4.79 Å². The van der Waals surface area contributed by atoms with Gasteiger partial charge in [0, 0.05) is 36.2 Å². The third-order valence-corrected chi connectivity index (χ3v) is 4.03. The Hall–Kier alpha value is -1.01. The Kier molecular flexibility index (Phi) is 6.76. The minimum Gasteiger partial charge on any atom is -0.445 e. The van der Waals surface area contributed by atoms with Crippen molar-refractivity contribution >= 4 is 29.3 Å². The Morgan fingerprint density at radius 1 is 1.14 bits per heavy atom. The van der Waals surface area contributed by atoms with Crippen LogP contribution in [0.1, 0.15) is 12.0 Å². The molecular formula is C15H21Cl2N3O2. The van der Waals surface area contributed by atoms with E-state index in [-0.39, 0.29) is 12.7 Å². The Morgan fingerprint density at radius 3 is 2.36 bits per heavy atom. The van der Waals surface area contributed by atoms with Gasteiger partial charge < -0.3 is 15.4 Å². The molecule has 1 fully saturated rings. The van der Waals surface area contributed by atoms with Gasteiger partial charge in [-0.05, 0) is 43.3 Å². The largest absolute Gasteiger partial charge is 0.445 e. The van der Waals surface area contributed by atoms with Crippen LogP contribution in [-0.4, -0.2) is 55.2 Å². The molecule has 22 heavy (non-hydrogen) atoms. The number of carbonyl (C=O) groups is 1. The Bertz CT molecular complexity index is 485. The molecule has 122 valence electrons. The monoisotopic (exact) mass is 345 g/mol. The maximum Gasteiger partial charge on any atom is 0.410 e. The molecule has 0 radical (unpaired) electrons. The van der Waals surface area contributed by atoms with Crippen LogP contribution in [0.5, 0.6) is 0 Å². The summed E-state index contributed by atoms with van der Waals surface area (Å²) in [6.45, 7) is 4.94. The molecule has 1 aliphatic rings. The normalized spacial score (nSPS) is 15.9. The van der Waals surface area contributed by atoms with Gasteiger partial charge in [0.1, 0.15) is 6.61 Å². The topological polar surface area (TPSA) is 58.8 Å². The quantitative estimate of drug-likeness (QED) is 0.890. The first-order valence-electron chi connectivity index (χ1n) is 7.37. The molecule has 5 nitrogen and oxygen atoms in total. The molecule has 0 spiro atoms. The molecular weight excluding hydrogens is 325 g/mol. The summed E-state index contributed by atoms with van der Waals surface area (Å²) in [5, 5.41) is 1.07. The maximum absolute atomic E-state index is 12.1. The van der Waals surface area contributed by atoms with E-state index in [1.54, 1.807) is 23.1 Å². The minimum atomic E-state index is -0.297. The van der Waals surface area contributed by atoms with Gasteiger partial charge in [0.05, 0.1) is 0 Å². The van der Waals surface area contributed by atoms with Crippen LogP contribution in [0.15, 0.2) is 18.2 Å². The third kappa shape index (κ3) is 5.32. The fraction of sp³-hybridized carbons (Fsp3) is 0.533. The predicted octanol–water partition coefficient (Wildman–Crippen LogP) is 2.60. The lowest BCUT2D eigenvalue weighted by atomic mass is 10.2. The van der Waals surface area contributed by atoms with Gasteiger partial charge in [0.15, 0.2) is 0 Å². The standard InChI is InChI=1S/C15H21Cl2N3O2/c16-13-8-12(9-14(17)10-13)11-22-15(21)20-6-4-19(5-7-20)3-1-2-18/h8-10H,1-7,11,18H2. The average Bonchev–Trinajstić information content (AvgIpc) is 2.50. The molecule has 1 amide bonds. The molecule has 0 atom stereocenters. The van der Waals surface area contributed by atoms with Crippen molar-refractivity contribution in [3.63, 3.8) is 0 Å². The molecule has 1 heterocycles. The average molecular weight is 346 g/mol. The Balaban J connectivity index is 1.76. The van der Waals surface area contributed by atoms with Crippen molar-refractivity contribution in [2.75, 3.05) is 39.3 Å². The van der Waals surface area contributed by atoms with E-state index in [2.05, 4.69) is 4.90 Å². The summed E-state index contributed by atoms with van der Waals surface area (Å²) in [4.78, 5) is 16.1. The first kappa shape index (κ1) is 17.3. The van der Waals surface area contributed by atoms with Crippen molar-refractivity contribution in [3.8, 4) is 0 Å². The molecule has 0 aromatic heterocycles. The number of carbonyl (C=O) groups excluding carboxylic acids is 1. The van der Waals surface area contributed by atoms with E-state index in [0.717, 1.165) is 31.6 Å². The number of hydrogen-bond acceptors (Lipinski definition) is 4. The zero-order valence-electron chi connectivity index (χ0n) is 12.4. The van der Waals surface area contributed by atoms with E-state index in [1.807, 2.05) is 0 Å². The van der Waals surface area contributed by atoms with Crippen LogP contribution in [-0.2, 0) is 11.3 Å². The summed E-state index contributed by atoms with van der Waals surface area (Å²) in [7, 11) is 0. The van der Waals surface area contributed by atoms with Crippen molar-refractivity contribution in [3.05, 3.63) is 33.8 Å². The van der Waals surface area contributed by atoms with Gasteiger partial charge in [0.25, 0.3) is 0 Å².